The lowest BCUT2D eigenvalue weighted by Gasteiger charge is -2.29. The van der Waals surface area contributed by atoms with E-state index < -0.39 is 18.2 Å². The van der Waals surface area contributed by atoms with E-state index in [0.717, 1.165) is 11.1 Å². The van der Waals surface area contributed by atoms with Crippen LogP contribution in [0.3, 0.4) is 0 Å². The normalized spacial score (nSPS) is 13.0. The Morgan fingerprint density at radius 2 is 1.41 bits per heavy atom. The molecule has 0 aliphatic heterocycles. The summed E-state index contributed by atoms with van der Waals surface area (Å²) < 4.78 is 5.35. The fourth-order valence-corrected chi connectivity index (χ4v) is 3.42. The topological polar surface area (TPSA) is 84.5 Å². The predicted octanol–water partition coefficient (Wildman–Crippen LogP) is 4.42. The highest BCUT2D eigenvalue weighted by molar-refractivity contribution is 5.79. The summed E-state index contributed by atoms with van der Waals surface area (Å²) in [6, 6.07) is 18.0. The second kappa shape index (κ2) is 12.0. The number of hydrogen-bond donors (Lipinski definition) is 2. The van der Waals surface area contributed by atoms with Gasteiger partial charge in [-0.2, -0.15) is 0 Å². The third kappa shape index (κ3) is 9.77. The number of benzene rings is 2. The van der Waals surface area contributed by atoms with Gasteiger partial charge in [0.05, 0.1) is 12.1 Å². The maximum Gasteiger partial charge on any atom is 0.407 e. The summed E-state index contributed by atoms with van der Waals surface area (Å²) in [6.07, 6.45) is 0.286. The molecule has 2 rings (SSSR count). The average Bonchev–Trinajstić information content (AvgIpc) is 2.71. The molecule has 0 bridgehead atoms. The molecule has 172 valence electrons. The van der Waals surface area contributed by atoms with Crippen LogP contribution >= 0.6 is 0 Å². The Kier molecular flexibility index (Phi) is 9.44. The van der Waals surface area contributed by atoms with Crippen LogP contribution in [-0.4, -0.2) is 29.9 Å². The number of ether oxygens (including phenoxy) is 1. The van der Waals surface area contributed by atoms with Crippen molar-refractivity contribution in [3.63, 3.8) is 0 Å². The Labute approximate surface area is 190 Å². The van der Waals surface area contributed by atoms with E-state index in [4.69, 9.17) is 4.74 Å². The molecule has 0 heterocycles. The second-order valence-corrected chi connectivity index (χ2v) is 9.32. The molecule has 2 N–H and O–H groups in total. The molecule has 0 radical (unpaired) electrons. The molecule has 0 saturated heterocycles. The molecule has 0 fully saturated rings. The zero-order valence-electron chi connectivity index (χ0n) is 19.4. The van der Waals surface area contributed by atoms with E-state index in [0.29, 0.717) is 12.8 Å². The number of carbonyl (C=O) groups excluding carboxylic acids is 3. The Bertz CT molecular complexity index is 876. The van der Waals surface area contributed by atoms with E-state index in [2.05, 4.69) is 10.6 Å². The highest BCUT2D eigenvalue weighted by Crippen LogP contribution is 2.19. The summed E-state index contributed by atoms with van der Waals surface area (Å²) in [5.74, 6) is -0.201. The van der Waals surface area contributed by atoms with Crippen molar-refractivity contribution < 1.29 is 19.1 Å². The van der Waals surface area contributed by atoms with Gasteiger partial charge in [0.15, 0.2) is 0 Å². The summed E-state index contributed by atoms with van der Waals surface area (Å²) in [5.41, 5.74) is 1.69. The maximum atomic E-state index is 12.7. The standard InChI is InChI=1S/C26H34N2O4/c1-19(29)15-22(28-25(31)32-18-21-13-9-6-10-14-21)23(16-20-11-7-5-8-12-20)27-24(30)17-26(2,3)4/h5-14,22-23H,15-18H2,1-4H3,(H,27,30)(H,28,31). The van der Waals surface area contributed by atoms with Gasteiger partial charge in [0, 0.05) is 12.8 Å². The van der Waals surface area contributed by atoms with Crippen LogP contribution in [0.4, 0.5) is 4.79 Å². The number of alkyl carbamates (subject to hydrolysis) is 1. The SMILES string of the molecule is CC(=O)CC(NC(=O)OCc1ccccc1)C(Cc1ccccc1)NC(=O)CC(C)(C)C. The van der Waals surface area contributed by atoms with E-state index in [-0.39, 0.29) is 30.1 Å². The summed E-state index contributed by atoms with van der Waals surface area (Å²) in [7, 11) is 0. The van der Waals surface area contributed by atoms with E-state index in [1.807, 2.05) is 81.4 Å². The van der Waals surface area contributed by atoms with Crippen molar-refractivity contribution in [3.8, 4) is 0 Å². The fraction of sp³-hybridized carbons (Fsp3) is 0.423. The molecule has 0 spiro atoms. The van der Waals surface area contributed by atoms with Crippen molar-refractivity contribution in [1.29, 1.82) is 0 Å². The number of amides is 2. The molecule has 32 heavy (non-hydrogen) atoms. The summed E-state index contributed by atoms with van der Waals surface area (Å²) >= 11 is 0. The number of carbonyl (C=O) groups is 3. The van der Waals surface area contributed by atoms with Gasteiger partial charge < -0.3 is 15.4 Å². The molecule has 2 aromatic carbocycles. The van der Waals surface area contributed by atoms with Crippen LogP contribution in [0.15, 0.2) is 60.7 Å². The van der Waals surface area contributed by atoms with Gasteiger partial charge in [0.25, 0.3) is 0 Å². The number of rotatable bonds is 10. The molecule has 2 amide bonds. The lowest BCUT2D eigenvalue weighted by atomic mass is 9.90. The zero-order valence-corrected chi connectivity index (χ0v) is 19.4. The first-order valence-corrected chi connectivity index (χ1v) is 10.9. The molecule has 0 aliphatic carbocycles. The molecule has 2 aromatic rings. The lowest BCUT2D eigenvalue weighted by molar-refractivity contribution is -0.124. The van der Waals surface area contributed by atoms with Crippen molar-refractivity contribution in [3.05, 3.63) is 71.8 Å². The van der Waals surface area contributed by atoms with Crippen molar-refractivity contribution in [2.24, 2.45) is 5.41 Å². The third-order valence-electron chi connectivity index (χ3n) is 4.84. The number of nitrogens with one attached hydrogen (secondary N) is 2. The fourth-order valence-electron chi connectivity index (χ4n) is 3.42. The molecule has 2 atom stereocenters. The first-order chi connectivity index (χ1) is 15.1. The summed E-state index contributed by atoms with van der Waals surface area (Å²) in [5, 5.41) is 5.86. The molecular weight excluding hydrogens is 404 g/mol. The second-order valence-electron chi connectivity index (χ2n) is 9.32. The van der Waals surface area contributed by atoms with Gasteiger partial charge in [-0.3, -0.25) is 9.59 Å². The van der Waals surface area contributed by atoms with Crippen LogP contribution in [0.25, 0.3) is 0 Å². The minimum absolute atomic E-state index is 0.0820. The van der Waals surface area contributed by atoms with E-state index in [1.165, 1.54) is 6.92 Å². The van der Waals surface area contributed by atoms with Crippen molar-refractivity contribution in [2.75, 3.05) is 0 Å². The van der Waals surface area contributed by atoms with Gasteiger partial charge in [-0.25, -0.2) is 4.79 Å². The van der Waals surface area contributed by atoms with E-state index >= 15 is 0 Å². The first-order valence-electron chi connectivity index (χ1n) is 10.9. The zero-order chi connectivity index (χ0) is 23.6. The molecule has 6 nitrogen and oxygen atoms in total. The minimum Gasteiger partial charge on any atom is -0.445 e. The monoisotopic (exact) mass is 438 g/mol. The van der Waals surface area contributed by atoms with Gasteiger partial charge in [-0.15, -0.1) is 0 Å². The quantitative estimate of drug-likeness (QED) is 0.575. The van der Waals surface area contributed by atoms with Crippen molar-refractivity contribution >= 4 is 17.8 Å². The van der Waals surface area contributed by atoms with Gasteiger partial charge in [0.1, 0.15) is 12.4 Å². The van der Waals surface area contributed by atoms with E-state index in [1.54, 1.807) is 0 Å². The maximum absolute atomic E-state index is 12.7. The highest BCUT2D eigenvalue weighted by atomic mass is 16.5. The smallest absolute Gasteiger partial charge is 0.407 e. The highest BCUT2D eigenvalue weighted by Gasteiger charge is 2.28. The molecular formula is C26H34N2O4. The number of ketones is 1. The van der Waals surface area contributed by atoms with E-state index in [9.17, 15) is 14.4 Å². The largest absolute Gasteiger partial charge is 0.445 e. The minimum atomic E-state index is -0.622. The molecule has 6 heteroatoms. The summed E-state index contributed by atoms with van der Waals surface area (Å²) in [4.78, 5) is 37.2. The van der Waals surface area contributed by atoms with Gasteiger partial charge in [0.2, 0.25) is 5.91 Å². The van der Waals surface area contributed by atoms with Crippen LogP contribution in [0, 0.1) is 5.41 Å². The van der Waals surface area contributed by atoms with Crippen molar-refractivity contribution in [2.45, 2.75) is 65.6 Å². The molecule has 0 saturated carbocycles. The predicted molar refractivity (Wildman–Crippen MR) is 125 cm³/mol. The van der Waals surface area contributed by atoms with Crippen molar-refractivity contribution in [1.82, 2.24) is 10.6 Å². The number of Topliss-reactive ketones (excluding diaryl/α,β-unsaturated/α-hetero) is 1. The Balaban J connectivity index is 2.14. The summed E-state index contributed by atoms with van der Waals surface area (Å²) in [6.45, 7) is 7.57. The Morgan fingerprint density at radius 3 is 1.94 bits per heavy atom. The molecule has 0 aromatic heterocycles. The van der Waals surface area contributed by atoms with Crippen LogP contribution in [0.1, 0.15) is 51.7 Å². The Morgan fingerprint density at radius 1 is 0.844 bits per heavy atom. The van der Waals surface area contributed by atoms with Gasteiger partial charge >= 0.3 is 6.09 Å². The van der Waals surface area contributed by atoms with Crippen LogP contribution in [0.5, 0.6) is 0 Å². The lowest BCUT2D eigenvalue weighted by Crippen LogP contribution is -2.54. The first kappa shape index (κ1) is 25.1. The van der Waals surface area contributed by atoms with Gasteiger partial charge in [-0.1, -0.05) is 81.4 Å². The van der Waals surface area contributed by atoms with Crippen LogP contribution in [0.2, 0.25) is 0 Å². The average molecular weight is 439 g/mol. The molecule has 2 unspecified atom stereocenters. The van der Waals surface area contributed by atoms with Crippen LogP contribution in [-0.2, 0) is 27.4 Å². The van der Waals surface area contributed by atoms with Gasteiger partial charge in [-0.05, 0) is 29.9 Å². The van der Waals surface area contributed by atoms with Crippen LogP contribution < -0.4 is 10.6 Å². The Hall–Kier alpha value is -3.15. The third-order valence-corrected chi connectivity index (χ3v) is 4.84. The number of hydrogen-bond acceptors (Lipinski definition) is 4. The molecule has 0 aliphatic rings.